The molecular formula is C18H17NO3. The quantitative estimate of drug-likeness (QED) is 0.855. The second-order valence-corrected chi connectivity index (χ2v) is 6.08. The van der Waals surface area contributed by atoms with Gasteiger partial charge in [0.15, 0.2) is 11.5 Å². The van der Waals surface area contributed by atoms with Crippen LogP contribution >= 0.6 is 0 Å². The van der Waals surface area contributed by atoms with Crippen LogP contribution in [0, 0.1) is 0 Å². The zero-order chi connectivity index (χ0) is 15.3. The second-order valence-electron chi connectivity index (χ2n) is 6.08. The van der Waals surface area contributed by atoms with Crippen LogP contribution in [0.5, 0.6) is 11.5 Å². The number of ether oxygens (including phenoxy) is 2. The molecule has 2 aliphatic rings. The Hall–Kier alpha value is -2.49. The van der Waals surface area contributed by atoms with Crippen molar-refractivity contribution in [2.24, 2.45) is 0 Å². The molecule has 0 spiro atoms. The molecule has 2 aliphatic heterocycles. The number of hydrogen-bond acceptors (Lipinski definition) is 3. The molecule has 2 aromatic rings. The lowest BCUT2D eigenvalue weighted by molar-refractivity contribution is -0.122. The van der Waals surface area contributed by atoms with Crippen molar-refractivity contribution in [3.8, 4) is 11.5 Å². The largest absolute Gasteiger partial charge is 0.454 e. The van der Waals surface area contributed by atoms with Crippen molar-refractivity contribution in [2.45, 2.75) is 18.8 Å². The molecule has 1 unspecified atom stereocenters. The van der Waals surface area contributed by atoms with Crippen molar-refractivity contribution in [1.29, 1.82) is 0 Å². The van der Waals surface area contributed by atoms with E-state index in [4.69, 9.17) is 9.47 Å². The summed E-state index contributed by atoms with van der Waals surface area (Å²) < 4.78 is 10.8. The molecular weight excluding hydrogens is 278 g/mol. The highest BCUT2D eigenvalue weighted by Gasteiger charge is 2.45. The average Bonchev–Trinajstić information content (AvgIpc) is 3.06. The topological polar surface area (TPSA) is 38.8 Å². The van der Waals surface area contributed by atoms with Gasteiger partial charge in [-0.25, -0.2) is 0 Å². The number of carbonyl (C=O) groups is 1. The van der Waals surface area contributed by atoms with Crippen LogP contribution in [0.15, 0.2) is 42.5 Å². The fraction of sp³-hybridized carbons (Fsp3) is 0.278. The number of hydrogen-bond donors (Lipinski definition) is 0. The van der Waals surface area contributed by atoms with E-state index in [2.05, 4.69) is 0 Å². The molecule has 4 nitrogen and oxygen atoms in total. The minimum Gasteiger partial charge on any atom is -0.454 e. The van der Waals surface area contributed by atoms with E-state index in [0.717, 1.165) is 28.3 Å². The fourth-order valence-corrected chi connectivity index (χ4v) is 3.46. The van der Waals surface area contributed by atoms with Crippen LogP contribution in [0.2, 0.25) is 0 Å². The first-order chi connectivity index (χ1) is 10.6. The number of para-hydroxylation sites is 1. The molecule has 4 rings (SSSR count). The SMILES string of the molecule is CN1C(=O)C(C)(Cc2ccc3c(c2)OCO3)c2ccccc21. The normalized spacial score (nSPS) is 22.1. The summed E-state index contributed by atoms with van der Waals surface area (Å²) in [4.78, 5) is 14.5. The molecule has 112 valence electrons. The van der Waals surface area contributed by atoms with Crippen LogP contribution in [0.25, 0.3) is 0 Å². The van der Waals surface area contributed by atoms with Crippen LogP contribution in [0.3, 0.4) is 0 Å². The molecule has 0 N–H and O–H groups in total. The number of likely N-dealkylation sites (N-methyl/N-ethyl adjacent to an activating group) is 1. The van der Waals surface area contributed by atoms with Crippen LogP contribution < -0.4 is 14.4 Å². The van der Waals surface area contributed by atoms with Gasteiger partial charge < -0.3 is 14.4 Å². The maximum Gasteiger partial charge on any atom is 0.237 e. The van der Waals surface area contributed by atoms with E-state index < -0.39 is 5.41 Å². The van der Waals surface area contributed by atoms with Gasteiger partial charge in [-0.1, -0.05) is 24.3 Å². The van der Waals surface area contributed by atoms with Crippen LogP contribution in [0.4, 0.5) is 5.69 Å². The first-order valence-electron chi connectivity index (χ1n) is 7.36. The highest BCUT2D eigenvalue weighted by atomic mass is 16.7. The van der Waals surface area contributed by atoms with Crippen LogP contribution in [0.1, 0.15) is 18.1 Å². The third-order valence-corrected chi connectivity index (χ3v) is 4.63. The van der Waals surface area contributed by atoms with Gasteiger partial charge in [0.2, 0.25) is 12.7 Å². The Morgan fingerprint density at radius 3 is 2.77 bits per heavy atom. The molecule has 0 fully saturated rings. The monoisotopic (exact) mass is 295 g/mol. The summed E-state index contributed by atoms with van der Waals surface area (Å²) >= 11 is 0. The third kappa shape index (κ3) is 1.73. The first kappa shape index (κ1) is 13.2. The molecule has 2 heterocycles. The minimum atomic E-state index is -0.543. The standard InChI is InChI=1S/C18H17NO3/c1-18(10-12-7-8-15-16(9-12)22-11-21-15)13-5-3-4-6-14(13)19(2)17(18)20/h3-9H,10-11H2,1-2H3. The van der Waals surface area contributed by atoms with Crippen molar-refractivity contribution < 1.29 is 14.3 Å². The summed E-state index contributed by atoms with van der Waals surface area (Å²) in [5.41, 5.74) is 2.61. The Labute approximate surface area is 129 Å². The maximum atomic E-state index is 12.8. The van der Waals surface area contributed by atoms with Gasteiger partial charge in [-0.15, -0.1) is 0 Å². The predicted molar refractivity (Wildman–Crippen MR) is 83.5 cm³/mol. The molecule has 0 aliphatic carbocycles. The van der Waals surface area contributed by atoms with Crippen LogP contribution in [-0.2, 0) is 16.6 Å². The van der Waals surface area contributed by atoms with Gasteiger partial charge in [-0.05, 0) is 42.7 Å². The van der Waals surface area contributed by atoms with E-state index in [1.165, 1.54) is 0 Å². The van der Waals surface area contributed by atoms with E-state index in [-0.39, 0.29) is 12.7 Å². The second kappa shape index (κ2) is 4.50. The number of nitrogens with zero attached hydrogens (tertiary/aromatic N) is 1. The van der Waals surface area contributed by atoms with E-state index in [1.54, 1.807) is 4.90 Å². The lowest BCUT2D eigenvalue weighted by Gasteiger charge is -2.23. The van der Waals surface area contributed by atoms with Crippen LogP contribution in [-0.4, -0.2) is 19.7 Å². The zero-order valence-corrected chi connectivity index (χ0v) is 12.6. The van der Waals surface area contributed by atoms with Gasteiger partial charge in [-0.2, -0.15) is 0 Å². The Bertz CT molecular complexity index is 771. The number of benzene rings is 2. The van der Waals surface area contributed by atoms with Crippen molar-refractivity contribution in [1.82, 2.24) is 0 Å². The summed E-state index contributed by atoms with van der Waals surface area (Å²) in [6.07, 6.45) is 0.643. The van der Waals surface area contributed by atoms with Crippen molar-refractivity contribution in [3.05, 3.63) is 53.6 Å². The number of amides is 1. The number of rotatable bonds is 2. The van der Waals surface area contributed by atoms with E-state index in [0.29, 0.717) is 6.42 Å². The maximum absolute atomic E-state index is 12.8. The molecule has 0 saturated heterocycles. The Morgan fingerprint density at radius 1 is 1.14 bits per heavy atom. The highest BCUT2D eigenvalue weighted by Crippen LogP contribution is 2.43. The van der Waals surface area contributed by atoms with Gasteiger partial charge in [0.05, 0.1) is 5.41 Å². The summed E-state index contributed by atoms with van der Waals surface area (Å²) in [7, 11) is 1.84. The van der Waals surface area contributed by atoms with Gasteiger partial charge in [0.25, 0.3) is 0 Å². The van der Waals surface area contributed by atoms with Crippen molar-refractivity contribution >= 4 is 11.6 Å². The van der Waals surface area contributed by atoms with Gasteiger partial charge in [0, 0.05) is 12.7 Å². The first-order valence-corrected chi connectivity index (χ1v) is 7.36. The average molecular weight is 295 g/mol. The summed E-state index contributed by atoms with van der Waals surface area (Å²) in [6.45, 7) is 2.28. The lowest BCUT2D eigenvalue weighted by Crippen LogP contribution is -2.37. The lowest BCUT2D eigenvalue weighted by atomic mass is 9.78. The van der Waals surface area contributed by atoms with Crippen molar-refractivity contribution in [3.63, 3.8) is 0 Å². The Morgan fingerprint density at radius 2 is 1.91 bits per heavy atom. The third-order valence-electron chi connectivity index (χ3n) is 4.63. The van der Waals surface area contributed by atoms with E-state index >= 15 is 0 Å². The molecule has 1 amide bonds. The van der Waals surface area contributed by atoms with E-state index in [1.807, 2.05) is 56.4 Å². The molecule has 0 bridgehead atoms. The molecule has 2 aromatic carbocycles. The van der Waals surface area contributed by atoms with Gasteiger partial charge in [0.1, 0.15) is 0 Å². The summed E-state index contributed by atoms with van der Waals surface area (Å²) in [6, 6.07) is 13.9. The Kier molecular flexibility index (Phi) is 2.70. The summed E-state index contributed by atoms with van der Waals surface area (Å²) in [5.74, 6) is 1.66. The molecule has 0 aromatic heterocycles. The molecule has 4 heteroatoms. The van der Waals surface area contributed by atoms with Gasteiger partial charge in [-0.3, -0.25) is 4.79 Å². The van der Waals surface area contributed by atoms with Crippen molar-refractivity contribution in [2.75, 3.05) is 18.7 Å². The number of fused-ring (bicyclic) bond motifs is 2. The summed E-state index contributed by atoms with van der Waals surface area (Å²) in [5, 5.41) is 0. The predicted octanol–water partition coefficient (Wildman–Crippen LogP) is 2.89. The number of carbonyl (C=O) groups excluding carboxylic acids is 1. The fourth-order valence-electron chi connectivity index (χ4n) is 3.46. The molecule has 1 atom stereocenters. The van der Waals surface area contributed by atoms with E-state index in [9.17, 15) is 4.79 Å². The highest BCUT2D eigenvalue weighted by molar-refractivity contribution is 6.07. The zero-order valence-electron chi connectivity index (χ0n) is 12.6. The van der Waals surface area contributed by atoms with Gasteiger partial charge >= 0.3 is 0 Å². The smallest absolute Gasteiger partial charge is 0.237 e. The molecule has 0 saturated carbocycles. The minimum absolute atomic E-state index is 0.131. The number of anilines is 1. The molecule has 22 heavy (non-hydrogen) atoms. The molecule has 0 radical (unpaired) electrons. The Balaban J connectivity index is 1.74.